The summed E-state index contributed by atoms with van der Waals surface area (Å²) in [6.45, 7) is 0.0507. The number of nitrogens with one attached hydrogen (secondary N) is 1. The lowest BCUT2D eigenvalue weighted by molar-refractivity contribution is -0.131. The summed E-state index contributed by atoms with van der Waals surface area (Å²) in [5.41, 5.74) is 1.53. The molecule has 8 heteroatoms. The average Bonchev–Trinajstić information content (AvgIpc) is 3.46. The van der Waals surface area contributed by atoms with E-state index in [-0.39, 0.29) is 18.5 Å². The number of amides is 1. The number of carbonyl (C=O) groups excluding carboxylic acids is 1. The molecule has 1 N–H and O–H groups in total. The third-order valence-corrected chi connectivity index (χ3v) is 5.59. The van der Waals surface area contributed by atoms with Crippen LogP contribution in [0.5, 0.6) is 5.75 Å². The van der Waals surface area contributed by atoms with E-state index >= 15 is 0 Å². The smallest absolute Gasteiger partial charge is 0.262 e. The molecule has 0 saturated heterocycles. The highest BCUT2D eigenvalue weighted by atomic mass is 35.5. The predicted octanol–water partition coefficient (Wildman–Crippen LogP) is 4.79. The summed E-state index contributed by atoms with van der Waals surface area (Å²) in [5, 5.41) is 11.7. The highest BCUT2D eigenvalue weighted by molar-refractivity contribution is 7.12. The number of halogens is 1. The van der Waals surface area contributed by atoms with Gasteiger partial charge in [0.2, 0.25) is 0 Å². The quantitative estimate of drug-likeness (QED) is 0.628. The van der Waals surface area contributed by atoms with Gasteiger partial charge < -0.3 is 14.5 Å². The van der Waals surface area contributed by atoms with Gasteiger partial charge in [0, 0.05) is 11.4 Å². The van der Waals surface area contributed by atoms with E-state index in [0.29, 0.717) is 28.6 Å². The number of hydrogen-bond donors (Lipinski definition) is 1. The van der Waals surface area contributed by atoms with E-state index in [2.05, 4.69) is 10.4 Å². The molecule has 144 valence electrons. The minimum Gasteiger partial charge on any atom is -0.495 e. The topological polar surface area (TPSA) is 67.1 Å². The number of carbonyl (C=O) groups is 1. The van der Waals surface area contributed by atoms with Gasteiger partial charge in [-0.25, -0.2) is 5.01 Å². The van der Waals surface area contributed by atoms with Crippen molar-refractivity contribution in [3.63, 3.8) is 0 Å². The predicted molar refractivity (Wildman–Crippen MR) is 110 cm³/mol. The number of anilines is 1. The molecule has 4 rings (SSSR count). The van der Waals surface area contributed by atoms with Gasteiger partial charge in [0.05, 0.1) is 36.2 Å². The lowest BCUT2D eigenvalue weighted by atomic mass is 10.1. The number of furan rings is 1. The van der Waals surface area contributed by atoms with E-state index in [1.807, 2.05) is 29.6 Å². The average molecular weight is 416 g/mol. The van der Waals surface area contributed by atoms with E-state index in [0.717, 1.165) is 10.6 Å². The zero-order valence-electron chi connectivity index (χ0n) is 15.1. The second kappa shape index (κ2) is 8.08. The Labute approximate surface area is 171 Å². The number of rotatable bonds is 6. The molecule has 2 aromatic heterocycles. The van der Waals surface area contributed by atoms with Crippen LogP contribution in [0.4, 0.5) is 5.69 Å². The lowest BCUT2D eigenvalue weighted by Crippen LogP contribution is -2.32. The largest absolute Gasteiger partial charge is 0.495 e. The van der Waals surface area contributed by atoms with Crippen molar-refractivity contribution >= 4 is 40.2 Å². The van der Waals surface area contributed by atoms with Crippen LogP contribution in [-0.4, -0.2) is 30.3 Å². The third kappa shape index (κ3) is 3.76. The zero-order valence-corrected chi connectivity index (χ0v) is 16.7. The SMILES string of the molecule is COc1ccc(Cl)cc1NCC(=O)N1N=C(c2cccs2)C[C@H]1c1ccco1. The number of thiophene rings is 1. The van der Waals surface area contributed by atoms with Crippen molar-refractivity contribution in [1.29, 1.82) is 0 Å². The second-order valence-corrected chi connectivity index (χ2v) is 7.58. The molecule has 3 heterocycles. The highest BCUT2D eigenvalue weighted by Crippen LogP contribution is 2.34. The second-order valence-electron chi connectivity index (χ2n) is 6.20. The van der Waals surface area contributed by atoms with Crippen LogP contribution in [0.25, 0.3) is 0 Å². The molecule has 6 nitrogen and oxygen atoms in total. The van der Waals surface area contributed by atoms with Crippen LogP contribution in [0, 0.1) is 0 Å². The molecule has 0 radical (unpaired) electrons. The molecule has 0 fully saturated rings. The Balaban J connectivity index is 1.54. The minimum atomic E-state index is -0.261. The summed E-state index contributed by atoms with van der Waals surface area (Å²) < 4.78 is 10.9. The Bertz CT molecular complexity index is 986. The molecule has 1 aliphatic heterocycles. The van der Waals surface area contributed by atoms with Crippen molar-refractivity contribution in [3.8, 4) is 5.75 Å². The van der Waals surface area contributed by atoms with E-state index in [1.54, 1.807) is 42.9 Å². The standard InChI is InChI=1S/C20H18ClN3O3S/c1-26-17-7-6-13(21)10-14(17)22-12-20(25)24-16(18-4-2-8-27-18)11-15(23-24)19-5-3-9-28-19/h2-10,16,22H,11-12H2,1H3/t16-/m0/s1. The Kier molecular flexibility index (Phi) is 5.36. The summed E-state index contributed by atoms with van der Waals surface area (Å²) in [6, 6.07) is 12.6. The monoisotopic (exact) mass is 415 g/mol. The van der Waals surface area contributed by atoms with E-state index in [4.69, 9.17) is 20.8 Å². The Morgan fingerprint density at radius 2 is 2.29 bits per heavy atom. The molecule has 28 heavy (non-hydrogen) atoms. The number of benzene rings is 1. The van der Waals surface area contributed by atoms with Gasteiger partial charge in [-0.15, -0.1) is 11.3 Å². The number of hydrazone groups is 1. The van der Waals surface area contributed by atoms with Gasteiger partial charge in [0.15, 0.2) is 0 Å². The molecule has 3 aromatic rings. The maximum absolute atomic E-state index is 13.0. The Morgan fingerprint density at radius 1 is 1.39 bits per heavy atom. The van der Waals surface area contributed by atoms with E-state index in [9.17, 15) is 4.79 Å². The summed E-state index contributed by atoms with van der Waals surface area (Å²) in [4.78, 5) is 14.0. The molecule has 1 aromatic carbocycles. The number of ether oxygens (including phenoxy) is 1. The van der Waals surface area contributed by atoms with Crippen LogP contribution < -0.4 is 10.1 Å². The first-order valence-corrected chi connectivity index (χ1v) is 9.95. The van der Waals surface area contributed by atoms with Gasteiger partial charge in [0.1, 0.15) is 17.6 Å². The van der Waals surface area contributed by atoms with Gasteiger partial charge in [-0.3, -0.25) is 4.79 Å². The zero-order chi connectivity index (χ0) is 19.5. The Morgan fingerprint density at radius 3 is 3.00 bits per heavy atom. The van der Waals surface area contributed by atoms with Crippen molar-refractivity contribution < 1.29 is 13.9 Å². The molecular formula is C20H18ClN3O3S. The van der Waals surface area contributed by atoms with Gasteiger partial charge in [-0.05, 0) is 41.8 Å². The third-order valence-electron chi connectivity index (χ3n) is 4.43. The maximum Gasteiger partial charge on any atom is 0.262 e. The fourth-order valence-corrected chi connectivity index (χ4v) is 4.00. The summed E-state index contributed by atoms with van der Waals surface area (Å²) in [6.07, 6.45) is 2.22. The minimum absolute atomic E-state index is 0.0507. The van der Waals surface area contributed by atoms with Gasteiger partial charge in [-0.2, -0.15) is 5.10 Å². The van der Waals surface area contributed by atoms with E-state index < -0.39 is 0 Å². The maximum atomic E-state index is 13.0. The molecule has 0 bridgehead atoms. The molecule has 0 spiro atoms. The number of methoxy groups -OCH3 is 1. The van der Waals surface area contributed by atoms with Crippen molar-refractivity contribution in [2.24, 2.45) is 5.10 Å². The van der Waals surface area contributed by atoms with Crippen LogP contribution in [0.2, 0.25) is 5.02 Å². The molecule has 1 atom stereocenters. The summed E-state index contributed by atoms with van der Waals surface area (Å²) in [7, 11) is 1.57. The first-order chi connectivity index (χ1) is 13.7. The van der Waals surface area contributed by atoms with Crippen molar-refractivity contribution in [3.05, 3.63) is 69.8 Å². The van der Waals surface area contributed by atoms with Crippen LogP contribution in [0.1, 0.15) is 23.1 Å². The molecule has 0 aliphatic carbocycles. The molecule has 0 unspecified atom stereocenters. The van der Waals surface area contributed by atoms with Gasteiger partial charge in [0.25, 0.3) is 5.91 Å². The van der Waals surface area contributed by atoms with Gasteiger partial charge in [-0.1, -0.05) is 17.7 Å². The van der Waals surface area contributed by atoms with Crippen LogP contribution in [-0.2, 0) is 4.79 Å². The van der Waals surface area contributed by atoms with Crippen molar-refractivity contribution in [2.75, 3.05) is 19.0 Å². The number of nitrogens with zero attached hydrogens (tertiary/aromatic N) is 2. The first kappa shape index (κ1) is 18.6. The fraction of sp³-hybridized carbons (Fsp3) is 0.200. The normalized spacial score (nSPS) is 16.1. The molecular weight excluding hydrogens is 398 g/mol. The van der Waals surface area contributed by atoms with Gasteiger partial charge >= 0.3 is 0 Å². The number of hydrogen-bond acceptors (Lipinski definition) is 6. The summed E-state index contributed by atoms with van der Waals surface area (Å²) in [5.74, 6) is 1.16. The Hall–Kier alpha value is -2.77. The summed E-state index contributed by atoms with van der Waals surface area (Å²) >= 11 is 7.66. The van der Waals surface area contributed by atoms with Crippen molar-refractivity contribution in [2.45, 2.75) is 12.5 Å². The fourth-order valence-electron chi connectivity index (χ4n) is 3.10. The van der Waals surface area contributed by atoms with Crippen LogP contribution in [0.15, 0.2) is 63.6 Å². The highest BCUT2D eigenvalue weighted by Gasteiger charge is 2.35. The van der Waals surface area contributed by atoms with Crippen LogP contribution >= 0.6 is 22.9 Å². The van der Waals surface area contributed by atoms with Crippen molar-refractivity contribution in [1.82, 2.24) is 5.01 Å². The van der Waals surface area contributed by atoms with Crippen LogP contribution in [0.3, 0.4) is 0 Å². The van der Waals surface area contributed by atoms with E-state index in [1.165, 1.54) is 5.01 Å². The first-order valence-electron chi connectivity index (χ1n) is 8.70. The molecule has 0 saturated carbocycles. The lowest BCUT2D eigenvalue weighted by Gasteiger charge is -2.20. The molecule has 1 amide bonds. The molecule has 1 aliphatic rings.